The number of carbonyl (C=O) groups excluding carboxylic acids is 1. The van der Waals surface area contributed by atoms with Crippen LogP contribution in [0.1, 0.15) is 34.6 Å². The van der Waals surface area contributed by atoms with Crippen LogP contribution in [0.2, 0.25) is 0 Å². The fourth-order valence-electron chi connectivity index (χ4n) is 3.59. The van der Waals surface area contributed by atoms with Crippen LogP contribution in [-0.4, -0.2) is 43.3 Å². The number of hydrogen-bond donors (Lipinski definition) is 0. The number of hydrogen-bond acceptors (Lipinski definition) is 5. The van der Waals surface area contributed by atoms with E-state index < -0.39 is 0 Å². The number of tetrazole rings is 1. The average Bonchev–Trinajstić information content (AvgIpc) is 3.40. The van der Waals surface area contributed by atoms with Gasteiger partial charge in [-0.15, -0.1) is 10.2 Å². The SMILES string of the molecule is Cc1cc(C(=O)Cn2nnc(-c3ccc(Br)cc3)n2)c(C)n1CC1CCCO1. The number of ketones is 1. The molecule has 0 aliphatic carbocycles. The Hall–Kier alpha value is -2.32. The Kier molecular flexibility index (Phi) is 5.41. The van der Waals surface area contributed by atoms with Gasteiger partial charge in [0.1, 0.15) is 6.54 Å². The van der Waals surface area contributed by atoms with Crippen molar-refractivity contribution >= 4 is 21.7 Å². The first-order chi connectivity index (χ1) is 13.5. The highest BCUT2D eigenvalue weighted by molar-refractivity contribution is 9.10. The highest BCUT2D eigenvalue weighted by atomic mass is 79.9. The molecule has 0 bridgehead atoms. The van der Waals surface area contributed by atoms with Gasteiger partial charge in [0.2, 0.25) is 5.82 Å². The van der Waals surface area contributed by atoms with Crippen LogP contribution < -0.4 is 0 Å². The second kappa shape index (κ2) is 7.97. The molecule has 0 amide bonds. The van der Waals surface area contributed by atoms with Crippen molar-refractivity contribution in [3.63, 3.8) is 0 Å². The zero-order valence-corrected chi connectivity index (χ0v) is 17.5. The normalized spacial score (nSPS) is 16.6. The van der Waals surface area contributed by atoms with E-state index in [1.54, 1.807) is 0 Å². The summed E-state index contributed by atoms with van der Waals surface area (Å²) < 4.78 is 8.90. The smallest absolute Gasteiger partial charge is 0.204 e. The molecule has 28 heavy (non-hydrogen) atoms. The monoisotopic (exact) mass is 443 g/mol. The molecule has 146 valence electrons. The average molecular weight is 444 g/mol. The molecule has 0 N–H and O–H groups in total. The molecular weight excluding hydrogens is 422 g/mol. The largest absolute Gasteiger partial charge is 0.376 e. The van der Waals surface area contributed by atoms with Crippen LogP contribution in [0, 0.1) is 13.8 Å². The van der Waals surface area contributed by atoms with Crippen molar-refractivity contribution in [3.05, 3.63) is 51.8 Å². The van der Waals surface area contributed by atoms with E-state index in [9.17, 15) is 4.79 Å². The van der Waals surface area contributed by atoms with Crippen molar-refractivity contribution < 1.29 is 9.53 Å². The summed E-state index contributed by atoms with van der Waals surface area (Å²) in [6.07, 6.45) is 2.41. The molecule has 7 nitrogen and oxygen atoms in total. The third kappa shape index (κ3) is 3.93. The maximum absolute atomic E-state index is 12.8. The Balaban J connectivity index is 1.49. The predicted molar refractivity (Wildman–Crippen MR) is 108 cm³/mol. The molecule has 3 heterocycles. The van der Waals surface area contributed by atoms with Crippen LogP contribution in [0.3, 0.4) is 0 Å². The minimum atomic E-state index is -0.0218. The lowest BCUT2D eigenvalue weighted by atomic mass is 10.1. The molecule has 1 aliphatic rings. The van der Waals surface area contributed by atoms with Gasteiger partial charge < -0.3 is 9.30 Å². The van der Waals surface area contributed by atoms with Crippen LogP contribution in [0.15, 0.2) is 34.8 Å². The number of carbonyl (C=O) groups is 1. The lowest BCUT2D eigenvalue weighted by molar-refractivity contribution is 0.0943. The van der Waals surface area contributed by atoms with E-state index >= 15 is 0 Å². The molecule has 0 radical (unpaired) electrons. The number of aryl methyl sites for hydroxylation is 1. The first-order valence-electron chi connectivity index (χ1n) is 9.36. The van der Waals surface area contributed by atoms with Crippen LogP contribution >= 0.6 is 15.9 Å². The molecule has 1 aromatic carbocycles. The van der Waals surface area contributed by atoms with E-state index in [4.69, 9.17) is 4.74 Å². The van der Waals surface area contributed by atoms with E-state index in [0.717, 1.165) is 47.4 Å². The summed E-state index contributed by atoms with van der Waals surface area (Å²) in [5.41, 5.74) is 3.60. The number of halogens is 1. The molecule has 2 aromatic heterocycles. The van der Waals surface area contributed by atoms with Gasteiger partial charge in [0.05, 0.1) is 6.10 Å². The summed E-state index contributed by atoms with van der Waals surface area (Å²) in [7, 11) is 0. The molecule has 4 rings (SSSR count). The molecular formula is C20H22BrN5O2. The number of benzene rings is 1. The maximum atomic E-state index is 12.8. The van der Waals surface area contributed by atoms with E-state index in [0.29, 0.717) is 11.4 Å². The minimum Gasteiger partial charge on any atom is -0.376 e. The van der Waals surface area contributed by atoms with Gasteiger partial charge in [-0.2, -0.15) is 4.80 Å². The Labute approximate surface area is 171 Å². The molecule has 1 atom stereocenters. The fourth-order valence-corrected chi connectivity index (χ4v) is 3.86. The predicted octanol–water partition coefficient (Wildman–Crippen LogP) is 3.58. The molecule has 1 fully saturated rings. The Morgan fingerprint density at radius 2 is 2.07 bits per heavy atom. The van der Waals surface area contributed by atoms with E-state index in [1.165, 1.54) is 4.80 Å². The minimum absolute atomic E-state index is 0.0218. The summed E-state index contributed by atoms with van der Waals surface area (Å²) >= 11 is 3.41. The second-order valence-corrected chi connectivity index (χ2v) is 8.02. The van der Waals surface area contributed by atoms with Crippen LogP contribution in [-0.2, 0) is 17.8 Å². The highest BCUT2D eigenvalue weighted by Gasteiger charge is 2.21. The van der Waals surface area contributed by atoms with Gasteiger partial charge in [-0.25, -0.2) is 0 Å². The van der Waals surface area contributed by atoms with Crippen molar-refractivity contribution in [1.82, 2.24) is 24.8 Å². The molecule has 1 saturated heterocycles. The first-order valence-corrected chi connectivity index (χ1v) is 10.2. The third-order valence-corrected chi connectivity index (χ3v) is 5.65. The zero-order chi connectivity index (χ0) is 19.7. The summed E-state index contributed by atoms with van der Waals surface area (Å²) in [6.45, 7) is 5.69. The van der Waals surface area contributed by atoms with Crippen molar-refractivity contribution in [3.8, 4) is 11.4 Å². The summed E-state index contributed by atoms with van der Waals surface area (Å²) in [6, 6.07) is 9.60. The standard InChI is InChI=1S/C20H22BrN5O2/c1-13-10-18(14(2)25(13)11-17-4-3-9-28-17)19(27)12-26-23-20(22-24-26)15-5-7-16(21)8-6-15/h5-8,10,17H,3-4,9,11-12H2,1-2H3. The summed E-state index contributed by atoms with van der Waals surface area (Å²) in [4.78, 5) is 14.2. The van der Waals surface area contributed by atoms with Gasteiger partial charge in [-0.1, -0.05) is 15.9 Å². The lowest BCUT2D eigenvalue weighted by Gasteiger charge is -2.14. The lowest BCUT2D eigenvalue weighted by Crippen LogP contribution is -2.18. The topological polar surface area (TPSA) is 74.8 Å². The van der Waals surface area contributed by atoms with Gasteiger partial charge in [-0.3, -0.25) is 4.79 Å². The number of Topliss-reactive ketones (excluding diaryl/α,β-unsaturated/α-hetero) is 1. The molecule has 1 unspecified atom stereocenters. The molecule has 8 heteroatoms. The van der Waals surface area contributed by atoms with Crippen molar-refractivity contribution in [1.29, 1.82) is 0 Å². The van der Waals surface area contributed by atoms with Gasteiger partial charge in [0, 0.05) is 40.1 Å². The quantitative estimate of drug-likeness (QED) is 0.544. The van der Waals surface area contributed by atoms with Gasteiger partial charge in [-0.05, 0) is 62.2 Å². The number of rotatable bonds is 6. The van der Waals surface area contributed by atoms with E-state index in [-0.39, 0.29) is 18.4 Å². The molecule has 0 spiro atoms. The fraction of sp³-hybridized carbons (Fsp3) is 0.400. The van der Waals surface area contributed by atoms with Crippen LogP contribution in [0.5, 0.6) is 0 Å². The molecule has 3 aromatic rings. The van der Waals surface area contributed by atoms with Crippen LogP contribution in [0.4, 0.5) is 0 Å². The van der Waals surface area contributed by atoms with Crippen LogP contribution in [0.25, 0.3) is 11.4 Å². The molecule has 1 aliphatic heterocycles. The van der Waals surface area contributed by atoms with Gasteiger partial charge >= 0.3 is 0 Å². The number of aromatic nitrogens is 5. The summed E-state index contributed by atoms with van der Waals surface area (Å²) in [5, 5.41) is 12.5. The first kappa shape index (κ1) is 19.0. The van der Waals surface area contributed by atoms with Crippen molar-refractivity contribution in [2.24, 2.45) is 0 Å². The van der Waals surface area contributed by atoms with Gasteiger partial charge in [0.15, 0.2) is 5.78 Å². The number of ether oxygens (including phenoxy) is 1. The zero-order valence-electron chi connectivity index (χ0n) is 15.9. The molecule has 0 saturated carbocycles. The Morgan fingerprint density at radius 3 is 2.79 bits per heavy atom. The van der Waals surface area contributed by atoms with Gasteiger partial charge in [0.25, 0.3) is 0 Å². The Morgan fingerprint density at radius 1 is 1.29 bits per heavy atom. The highest BCUT2D eigenvalue weighted by Crippen LogP contribution is 2.21. The summed E-state index contributed by atoms with van der Waals surface area (Å²) in [5.74, 6) is 0.482. The van der Waals surface area contributed by atoms with Crippen molar-refractivity contribution in [2.45, 2.75) is 45.9 Å². The second-order valence-electron chi connectivity index (χ2n) is 7.10. The maximum Gasteiger partial charge on any atom is 0.204 e. The van der Waals surface area contributed by atoms with Crippen molar-refractivity contribution in [2.75, 3.05) is 6.61 Å². The van der Waals surface area contributed by atoms with E-state index in [2.05, 4.69) is 35.9 Å². The Bertz CT molecular complexity index is 987. The van der Waals surface area contributed by atoms with E-state index in [1.807, 2.05) is 44.2 Å². The third-order valence-electron chi connectivity index (χ3n) is 5.12. The number of nitrogens with zero attached hydrogens (tertiary/aromatic N) is 5.